The van der Waals surface area contributed by atoms with Gasteiger partial charge in [0, 0.05) is 25.7 Å². The molecule has 0 saturated carbocycles. The standard InChI is InChI=1S/C73H142O17P2/c1-8-9-10-11-12-33-40-47-54-70(75)83-60-68(90-73(78)57-50-43-36-29-23-26-32-39-46-53-66(6)7)62-87-91(79,80)85-58-67(74)59-86-92(81,82)88-63-69(61-84-71(76)55-48-41-34-27-22-21-25-31-38-45-52-65(4)5)89-72(77)56-49-42-35-28-20-18-16-14-13-15-17-19-24-30-37-44-51-64(2)3/h64-69,74H,8-63H2,1-7H3,(H,79,80)(H,81,82)/t67-,68+,69+/m0/s1. The largest absolute Gasteiger partial charge is 0.472 e. The number of esters is 4. The van der Waals surface area contributed by atoms with E-state index in [1.807, 2.05) is 0 Å². The number of ether oxygens (including phenoxy) is 4. The summed E-state index contributed by atoms with van der Waals surface area (Å²) < 4.78 is 68.3. The summed E-state index contributed by atoms with van der Waals surface area (Å²) in [7, 11) is -9.90. The van der Waals surface area contributed by atoms with Gasteiger partial charge in [-0.1, -0.05) is 318 Å². The molecule has 0 rings (SSSR count). The van der Waals surface area contributed by atoms with Gasteiger partial charge in [-0.2, -0.15) is 0 Å². The molecular formula is C73H142O17P2. The molecule has 0 aromatic carbocycles. The summed E-state index contributed by atoms with van der Waals surface area (Å²) >= 11 is 0. The molecule has 2 unspecified atom stereocenters. The maximum atomic E-state index is 13.1. The highest BCUT2D eigenvalue weighted by atomic mass is 31.2. The van der Waals surface area contributed by atoms with Gasteiger partial charge in [-0.05, 0) is 43.4 Å². The molecule has 0 aromatic heterocycles. The lowest BCUT2D eigenvalue weighted by Crippen LogP contribution is -2.30. The highest BCUT2D eigenvalue weighted by Gasteiger charge is 2.30. The molecule has 0 radical (unpaired) electrons. The third-order valence-corrected chi connectivity index (χ3v) is 18.8. The average Bonchev–Trinajstić information content (AvgIpc) is 2.96. The zero-order valence-electron chi connectivity index (χ0n) is 60.0. The van der Waals surface area contributed by atoms with Crippen LogP contribution in [-0.2, 0) is 65.4 Å². The first kappa shape index (κ1) is 90.1. The van der Waals surface area contributed by atoms with E-state index in [0.717, 1.165) is 114 Å². The minimum Gasteiger partial charge on any atom is -0.462 e. The summed E-state index contributed by atoms with van der Waals surface area (Å²) in [5.74, 6) is 0.179. The first-order chi connectivity index (χ1) is 44.2. The Bertz CT molecular complexity index is 1800. The molecule has 0 amide bonds. The van der Waals surface area contributed by atoms with Gasteiger partial charge in [-0.3, -0.25) is 37.3 Å². The van der Waals surface area contributed by atoms with Crippen molar-refractivity contribution in [3.8, 4) is 0 Å². The Morgan fingerprint density at radius 3 is 0.739 bits per heavy atom. The van der Waals surface area contributed by atoms with E-state index in [2.05, 4.69) is 48.5 Å². The summed E-state index contributed by atoms with van der Waals surface area (Å²) in [4.78, 5) is 72.6. The molecule has 0 spiro atoms. The van der Waals surface area contributed by atoms with Crippen molar-refractivity contribution >= 4 is 39.5 Å². The summed E-state index contributed by atoms with van der Waals surface area (Å²) in [6, 6.07) is 0. The van der Waals surface area contributed by atoms with Crippen molar-refractivity contribution in [2.45, 2.75) is 388 Å². The van der Waals surface area contributed by atoms with Crippen LogP contribution in [0.25, 0.3) is 0 Å². The Kier molecular flexibility index (Phi) is 62.4. The van der Waals surface area contributed by atoms with E-state index in [9.17, 15) is 43.2 Å². The summed E-state index contributed by atoms with van der Waals surface area (Å²) in [6.07, 6.45) is 48.7. The molecule has 0 heterocycles. The fourth-order valence-electron chi connectivity index (χ4n) is 11.1. The van der Waals surface area contributed by atoms with Gasteiger partial charge in [0.05, 0.1) is 26.4 Å². The molecule has 92 heavy (non-hydrogen) atoms. The number of hydrogen-bond acceptors (Lipinski definition) is 15. The zero-order valence-corrected chi connectivity index (χ0v) is 61.8. The molecule has 0 saturated heterocycles. The van der Waals surface area contributed by atoms with E-state index < -0.39 is 97.5 Å². The molecule has 19 heteroatoms. The Hall–Kier alpha value is -1.94. The Balaban J connectivity index is 5.20. The summed E-state index contributed by atoms with van der Waals surface area (Å²) in [5, 5.41) is 10.6. The van der Waals surface area contributed by atoms with Crippen LogP contribution >= 0.6 is 15.6 Å². The number of carbonyl (C=O) groups excluding carboxylic acids is 4. The lowest BCUT2D eigenvalue weighted by atomic mass is 10.0. The van der Waals surface area contributed by atoms with Crippen LogP contribution in [0.4, 0.5) is 0 Å². The van der Waals surface area contributed by atoms with Crippen LogP contribution in [0.3, 0.4) is 0 Å². The van der Waals surface area contributed by atoms with Gasteiger partial charge in [0.1, 0.15) is 19.3 Å². The molecule has 546 valence electrons. The molecule has 0 aliphatic rings. The summed E-state index contributed by atoms with van der Waals surface area (Å²) in [6.45, 7) is 11.8. The molecule has 3 N–H and O–H groups in total. The highest BCUT2D eigenvalue weighted by molar-refractivity contribution is 7.47. The van der Waals surface area contributed by atoms with Gasteiger partial charge < -0.3 is 33.8 Å². The molecule has 0 aliphatic carbocycles. The SMILES string of the molecule is CCCCCCCCCCC(=O)OC[C@H](COP(=O)(O)OC[C@H](O)COP(=O)(O)OC[C@@H](COC(=O)CCCCCCCCCCCCC(C)C)OC(=O)CCCCCCCCCCCCCCCCCCC(C)C)OC(=O)CCCCCCCCCCCC(C)C. The number of carbonyl (C=O) groups is 4. The van der Waals surface area contributed by atoms with E-state index in [-0.39, 0.29) is 25.7 Å². The van der Waals surface area contributed by atoms with Gasteiger partial charge in [-0.15, -0.1) is 0 Å². The van der Waals surface area contributed by atoms with Crippen molar-refractivity contribution in [3.63, 3.8) is 0 Å². The minimum atomic E-state index is -4.95. The van der Waals surface area contributed by atoms with Crippen LogP contribution in [-0.4, -0.2) is 96.7 Å². The fraction of sp³-hybridized carbons (Fsp3) is 0.945. The van der Waals surface area contributed by atoms with Gasteiger partial charge in [0.2, 0.25) is 0 Å². The minimum absolute atomic E-state index is 0.105. The maximum Gasteiger partial charge on any atom is 0.472 e. The van der Waals surface area contributed by atoms with Crippen molar-refractivity contribution in [1.82, 2.24) is 0 Å². The number of phosphoric acid groups is 2. The Morgan fingerprint density at radius 2 is 0.500 bits per heavy atom. The quantitative estimate of drug-likeness (QED) is 0.0222. The van der Waals surface area contributed by atoms with Gasteiger partial charge in [0.25, 0.3) is 0 Å². The predicted molar refractivity (Wildman–Crippen MR) is 372 cm³/mol. The van der Waals surface area contributed by atoms with E-state index in [1.54, 1.807) is 0 Å². The van der Waals surface area contributed by atoms with Crippen LogP contribution < -0.4 is 0 Å². The molecule has 0 fully saturated rings. The molecular weight excluding hydrogens is 1210 g/mol. The predicted octanol–water partition coefficient (Wildman–Crippen LogP) is 21.0. The molecule has 5 atom stereocenters. The second-order valence-corrected chi connectivity index (χ2v) is 30.7. The smallest absolute Gasteiger partial charge is 0.462 e. The fourth-order valence-corrected chi connectivity index (χ4v) is 12.7. The number of rotatable bonds is 71. The second kappa shape index (κ2) is 63.8. The maximum absolute atomic E-state index is 13.1. The monoisotopic (exact) mass is 1350 g/mol. The second-order valence-electron chi connectivity index (χ2n) is 27.8. The topological polar surface area (TPSA) is 237 Å². The first-order valence-corrected chi connectivity index (χ1v) is 40.8. The Labute approximate surface area is 562 Å². The number of unbranched alkanes of at least 4 members (excludes halogenated alkanes) is 39. The summed E-state index contributed by atoms with van der Waals surface area (Å²) in [5.41, 5.74) is 0. The molecule has 0 aromatic rings. The first-order valence-electron chi connectivity index (χ1n) is 37.8. The van der Waals surface area contributed by atoms with E-state index in [1.165, 1.54) is 173 Å². The number of phosphoric ester groups is 2. The van der Waals surface area contributed by atoms with E-state index in [4.69, 9.17) is 37.0 Å². The van der Waals surface area contributed by atoms with E-state index >= 15 is 0 Å². The Morgan fingerprint density at radius 1 is 0.293 bits per heavy atom. The van der Waals surface area contributed by atoms with Gasteiger partial charge in [0.15, 0.2) is 12.2 Å². The van der Waals surface area contributed by atoms with Crippen molar-refractivity contribution in [2.24, 2.45) is 17.8 Å². The van der Waals surface area contributed by atoms with Crippen LogP contribution in [0.2, 0.25) is 0 Å². The third kappa shape index (κ3) is 66.7. The van der Waals surface area contributed by atoms with Crippen molar-refractivity contribution in [3.05, 3.63) is 0 Å². The van der Waals surface area contributed by atoms with Crippen molar-refractivity contribution in [1.29, 1.82) is 0 Å². The number of hydrogen-bond donors (Lipinski definition) is 3. The van der Waals surface area contributed by atoms with Crippen molar-refractivity contribution < 1.29 is 80.2 Å². The van der Waals surface area contributed by atoms with Crippen LogP contribution in [0.15, 0.2) is 0 Å². The number of aliphatic hydroxyl groups excluding tert-OH is 1. The average molecular weight is 1350 g/mol. The lowest BCUT2D eigenvalue weighted by Gasteiger charge is -2.21. The molecule has 17 nitrogen and oxygen atoms in total. The van der Waals surface area contributed by atoms with Crippen LogP contribution in [0.5, 0.6) is 0 Å². The number of aliphatic hydroxyl groups is 1. The van der Waals surface area contributed by atoms with E-state index in [0.29, 0.717) is 25.7 Å². The third-order valence-electron chi connectivity index (χ3n) is 16.9. The molecule has 0 bridgehead atoms. The zero-order chi connectivity index (χ0) is 68.0. The van der Waals surface area contributed by atoms with Crippen LogP contribution in [0.1, 0.15) is 370 Å². The van der Waals surface area contributed by atoms with Crippen molar-refractivity contribution in [2.75, 3.05) is 39.6 Å². The van der Waals surface area contributed by atoms with Gasteiger partial charge >= 0.3 is 39.5 Å². The molecule has 0 aliphatic heterocycles. The normalized spacial score (nSPS) is 14.1. The highest BCUT2D eigenvalue weighted by Crippen LogP contribution is 2.45. The van der Waals surface area contributed by atoms with Crippen LogP contribution in [0, 0.1) is 17.8 Å². The van der Waals surface area contributed by atoms with Gasteiger partial charge in [-0.25, -0.2) is 9.13 Å². The lowest BCUT2D eigenvalue weighted by molar-refractivity contribution is -0.161.